The van der Waals surface area contributed by atoms with Crippen molar-refractivity contribution in [1.82, 2.24) is 10.2 Å². The number of amides is 2. The van der Waals surface area contributed by atoms with Gasteiger partial charge in [-0.05, 0) is 80.8 Å². The molecule has 0 unspecified atom stereocenters. The number of rotatable bonds is 11. The highest BCUT2D eigenvalue weighted by Crippen LogP contribution is 2.30. The van der Waals surface area contributed by atoms with Gasteiger partial charge in [0.1, 0.15) is 12.6 Å². The molecule has 0 spiro atoms. The van der Waals surface area contributed by atoms with E-state index in [0.717, 1.165) is 4.31 Å². The van der Waals surface area contributed by atoms with Gasteiger partial charge in [0.2, 0.25) is 11.8 Å². The van der Waals surface area contributed by atoms with E-state index in [-0.39, 0.29) is 23.4 Å². The molecular formula is C29H32Cl3N3O4S. The highest BCUT2D eigenvalue weighted by Gasteiger charge is 2.34. The molecule has 0 aliphatic heterocycles. The maximum atomic E-state index is 14.1. The smallest absolute Gasteiger partial charge is 0.264 e. The SMILES string of the molecule is CC[C@H](C(=O)NC(C)C)N(Cc1ccc(Cl)cc1Cl)C(=O)CN(c1ccc(Cl)cc1C)S(=O)(=O)c1ccccc1. The van der Waals surface area contributed by atoms with Crippen LogP contribution < -0.4 is 9.62 Å². The Morgan fingerprint density at radius 3 is 2.12 bits per heavy atom. The van der Waals surface area contributed by atoms with Crippen LogP contribution in [0, 0.1) is 6.92 Å². The predicted octanol–water partition coefficient (Wildman–Crippen LogP) is 6.48. The number of nitrogens with one attached hydrogen (secondary N) is 1. The van der Waals surface area contributed by atoms with Crippen molar-refractivity contribution in [2.45, 2.75) is 57.6 Å². The molecule has 0 fully saturated rings. The normalized spacial score (nSPS) is 12.2. The molecule has 214 valence electrons. The molecule has 3 aromatic carbocycles. The minimum absolute atomic E-state index is 0.0223. The summed E-state index contributed by atoms with van der Waals surface area (Å²) >= 11 is 18.7. The van der Waals surface area contributed by atoms with E-state index < -0.39 is 28.5 Å². The number of nitrogens with zero attached hydrogens (tertiary/aromatic N) is 2. The average molecular weight is 625 g/mol. The molecule has 0 aliphatic rings. The van der Waals surface area contributed by atoms with E-state index in [1.165, 1.54) is 17.0 Å². The molecule has 2 amide bonds. The zero-order chi connectivity index (χ0) is 29.6. The fraction of sp³-hybridized carbons (Fsp3) is 0.310. The zero-order valence-corrected chi connectivity index (χ0v) is 25.8. The fourth-order valence-corrected chi connectivity index (χ4v) is 6.46. The lowest BCUT2D eigenvalue weighted by molar-refractivity contribution is -0.140. The molecule has 0 heterocycles. The summed E-state index contributed by atoms with van der Waals surface area (Å²) in [7, 11) is -4.18. The van der Waals surface area contributed by atoms with Gasteiger partial charge in [-0.3, -0.25) is 13.9 Å². The Morgan fingerprint density at radius 1 is 0.925 bits per heavy atom. The maximum Gasteiger partial charge on any atom is 0.264 e. The number of halogens is 3. The second kappa shape index (κ2) is 13.7. The van der Waals surface area contributed by atoms with Gasteiger partial charge in [-0.25, -0.2) is 8.42 Å². The molecule has 1 atom stereocenters. The van der Waals surface area contributed by atoms with Crippen LogP contribution in [-0.2, 0) is 26.2 Å². The zero-order valence-electron chi connectivity index (χ0n) is 22.7. The molecule has 0 saturated heterocycles. The van der Waals surface area contributed by atoms with E-state index in [2.05, 4.69) is 5.32 Å². The lowest BCUT2D eigenvalue weighted by Gasteiger charge is -2.34. The van der Waals surface area contributed by atoms with Gasteiger partial charge in [-0.1, -0.05) is 66.0 Å². The molecule has 40 heavy (non-hydrogen) atoms. The number of aryl methyl sites for hydroxylation is 1. The van der Waals surface area contributed by atoms with E-state index in [0.29, 0.717) is 38.3 Å². The summed E-state index contributed by atoms with van der Waals surface area (Å²) in [5, 5.41) is 4.04. The summed E-state index contributed by atoms with van der Waals surface area (Å²) in [6.45, 7) is 6.56. The monoisotopic (exact) mass is 623 g/mol. The first kappa shape index (κ1) is 31.7. The molecule has 3 aromatic rings. The Labute approximate surface area is 251 Å². The Kier molecular flexibility index (Phi) is 10.9. The molecule has 0 bridgehead atoms. The van der Waals surface area contributed by atoms with E-state index in [1.807, 2.05) is 13.8 Å². The second-order valence-corrected chi connectivity index (χ2v) is 12.7. The summed E-state index contributed by atoms with van der Waals surface area (Å²) in [4.78, 5) is 28.7. The summed E-state index contributed by atoms with van der Waals surface area (Å²) in [5.41, 5.74) is 1.43. The van der Waals surface area contributed by atoms with Crippen LogP contribution >= 0.6 is 34.8 Å². The number of anilines is 1. The fourth-order valence-electron chi connectivity index (χ4n) is 4.27. The van der Waals surface area contributed by atoms with Crippen molar-refractivity contribution >= 4 is 62.3 Å². The molecule has 7 nitrogen and oxygen atoms in total. The summed E-state index contributed by atoms with van der Waals surface area (Å²) < 4.78 is 28.9. The molecule has 0 aromatic heterocycles. The van der Waals surface area contributed by atoms with Crippen molar-refractivity contribution in [2.24, 2.45) is 0 Å². The van der Waals surface area contributed by atoms with Crippen molar-refractivity contribution in [1.29, 1.82) is 0 Å². The predicted molar refractivity (Wildman–Crippen MR) is 162 cm³/mol. The van der Waals surface area contributed by atoms with Crippen LogP contribution in [0.3, 0.4) is 0 Å². The third kappa shape index (κ3) is 7.69. The summed E-state index contributed by atoms with van der Waals surface area (Å²) in [6.07, 6.45) is 0.293. The molecule has 0 aliphatic carbocycles. The first-order valence-electron chi connectivity index (χ1n) is 12.7. The minimum Gasteiger partial charge on any atom is -0.352 e. The van der Waals surface area contributed by atoms with Gasteiger partial charge in [0.25, 0.3) is 10.0 Å². The number of hydrogen-bond acceptors (Lipinski definition) is 4. The van der Waals surface area contributed by atoms with Crippen LogP contribution in [0.15, 0.2) is 71.6 Å². The van der Waals surface area contributed by atoms with Crippen molar-refractivity contribution < 1.29 is 18.0 Å². The first-order valence-corrected chi connectivity index (χ1v) is 15.3. The lowest BCUT2D eigenvalue weighted by atomic mass is 10.1. The van der Waals surface area contributed by atoms with Crippen molar-refractivity contribution in [2.75, 3.05) is 10.8 Å². The van der Waals surface area contributed by atoms with Crippen LogP contribution in [0.2, 0.25) is 15.1 Å². The second-order valence-electron chi connectivity index (χ2n) is 9.60. The van der Waals surface area contributed by atoms with Gasteiger partial charge in [0, 0.05) is 27.7 Å². The van der Waals surface area contributed by atoms with Crippen LogP contribution in [0.25, 0.3) is 0 Å². The van der Waals surface area contributed by atoms with Crippen molar-refractivity contribution in [3.63, 3.8) is 0 Å². The molecular weight excluding hydrogens is 593 g/mol. The molecule has 3 rings (SSSR count). The van der Waals surface area contributed by atoms with E-state index in [9.17, 15) is 18.0 Å². The Balaban J connectivity index is 2.11. The van der Waals surface area contributed by atoms with Gasteiger partial charge in [-0.2, -0.15) is 0 Å². The third-order valence-electron chi connectivity index (χ3n) is 6.21. The largest absolute Gasteiger partial charge is 0.352 e. The first-order chi connectivity index (χ1) is 18.8. The maximum absolute atomic E-state index is 14.1. The summed E-state index contributed by atoms with van der Waals surface area (Å²) in [6, 6.07) is 16.5. The van der Waals surface area contributed by atoms with Gasteiger partial charge >= 0.3 is 0 Å². The standard InChI is InChI=1S/C29H32Cl3N3O4S/c1-5-26(29(37)33-19(2)3)34(17-21-11-12-23(31)16-25(21)32)28(36)18-35(27-14-13-22(30)15-20(27)4)40(38,39)24-9-7-6-8-10-24/h6-16,19,26H,5,17-18H2,1-4H3,(H,33,37)/t26-/m1/s1. The topological polar surface area (TPSA) is 86.8 Å². The van der Waals surface area contributed by atoms with E-state index >= 15 is 0 Å². The third-order valence-corrected chi connectivity index (χ3v) is 8.81. The van der Waals surface area contributed by atoms with Gasteiger partial charge in [0.15, 0.2) is 0 Å². The number of hydrogen-bond donors (Lipinski definition) is 1. The van der Waals surface area contributed by atoms with E-state index in [4.69, 9.17) is 34.8 Å². The van der Waals surface area contributed by atoms with E-state index in [1.54, 1.807) is 68.4 Å². The van der Waals surface area contributed by atoms with Crippen molar-refractivity contribution in [3.05, 3.63) is 92.9 Å². The summed E-state index contributed by atoms with van der Waals surface area (Å²) in [5.74, 6) is -0.929. The highest BCUT2D eigenvalue weighted by molar-refractivity contribution is 7.92. The average Bonchev–Trinajstić information content (AvgIpc) is 2.88. The Morgan fingerprint density at radius 2 is 1.55 bits per heavy atom. The highest BCUT2D eigenvalue weighted by atomic mass is 35.5. The van der Waals surface area contributed by atoms with Crippen molar-refractivity contribution in [3.8, 4) is 0 Å². The van der Waals surface area contributed by atoms with Crippen LogP contribution in [0.1, 0.15) is 38.3 Å². The molecule has 1 N–H and O–H groups in total. The quantitative estimate of drug-likeness (QED) is 0.265. The number of benzene rings is 3. The number of carbonyl (C=O) groups is 2. The molecule has 0 saturated carbocycles. The van der Waals surface area contributed by atoms with Gasteiger partial charge < -0.3 is 10.2 Å². The van der Waals surface area contributed by atoms with Crippen LogP contribution in [0.5, 0.6) is 0 Å². The van der Waals surface area contributed by atoms with Gasteiger partial charge in [0.05, 0.1) is 10.6 Å². The Hall–Kier alpha value is -2.78. The van der Waals surface area contributed by atoms with Crippen LogP contribution in [0.4, 0.5) is 5.69 Å². The molecule has 0 radical (unpaired) electrons. The lowest BCUT2D eigenvalue weighted by Crippen LogP contribution is -2.53. The minimum atomic E-state index is -4.18. The van der Waals surface area contributed by atoms with Crippen LogP contribution in [-0.4, -0.2) is 43.8 Å². The van der Waals surface area contributed by atoms with Gasteiger partial charge in [-0.15, -0.1) is 0 Å². The molecule has 11 heteroatoms. The number of sulfonamides is 1. The Bertz CT molecular complexity index is 1470. The number of carbonyl (C=O) groups excluding carboxylic acids is 2.